The van der Waals surface area contributed by atoms with Crippen molar-refractivity contribution < 1.29 is 5.11 Å². The molecule has 0 saturated heterocycles. The molecule has 0 spiro atoms. The van der Waals surface area contributed by atoms with E-state index in [0.29, 0.717) is 0 Å². The van der Waals surface area contributed by atoms with Gasteiger partial charge in [0.1, 0.15) is 0 Å². The molecule has 0 aromatic carbocycles. The normalized spacial score (nSPS) is 10.0. The van der Waals surface area contributed by atoms with Gasteiger partial charge in [0.05, 0.1) is 5.03 Å². The number of aryl methyl sites for hydroxylation is 1. The van der Waals surface area contributed by atoms with Crippen LogP contribution in [-0.2, 0) is 6.42 Å². The maximum Gasteiger partial charge on any atom is 0.0961 e. The van der Waals surface area contributed by atoms with Crippen LogP contribution in [-0.4, -0.2) is 16.7 Å². The highest BCUT2D eigenvalue weighted by molar-refractivity contribution is 7.80. The minimum atomic E-state index is 0.224. The molecule has 0 bridgehead atoms. The van der Waals surface area contributed by atoms with Crippen LogP contribution in [0.4, 0.5) is 0 Å². The number of nitrogens with zero attached hydrogens (tertiary/aromatic N) is 1. The monoisotopic (exact) mass is 169 g/mol. The zero-order chi connectivity index (χ0) is 8.10. The zero-order valence-corrected chi connectivity index (χ0v) is 7.09. The second kappa shape index (κ2) is 4.36. The first-order chi connectivity index (χ1) is 5.34. The summed E-state index contributed by atoms with van der Waals surface area (Å²) in [6, 6.07) is 3.86. The van der Waals surface area contributed by atoms with Gasteiger partial charge in [-0.1, -0.05) is 6.07 Å². The van der Waals surface area contributed by atoms with Gasteiger partial charge in [-0.05, 0) is 24.5 Å². The Balaban J connectivity index is 2.62. The fraction of sp³-hybridized carbons (Fsp3) is 0.375. The minimum absolute atomic E-state index is 0.224. The predicted molar refractivity (Wildman–Crippen MR) is 46.9 cm³/mol. The molecule has 11 heavy (non-hydrogen) atoms. The third kappa shape index (κ3) is 2.52. The van der Waals surface area contributed by atoms with Crippen molar-refractivity contribution in [2.45, 2.75) is 17.9 Å². The smallest absolute Gasteiger partial charge is 0.0961 e. The van der Waals surface area contributed by atoms with Gasteiger partial charge in [-0.3, -0.25) is 0 Å². The molecule has 0 radical (unpaired) electrons. The lowest BCUT2D eigenvalue weighted by Crippen LogP contribution is -1.91. The van der Waals surface area contributed by atoms with E-state index in [0.717, 1.165) is 23.4 Å². The van der Waals surface area contributed by atoms with E-state index >= 15 is 0 Å². The van der Waals surface area contributed by atoms with E-state index in [1.54, 1.807) is 6.20 Å². The Hall–Kier alpha value is -0.540. The maximum absolute atomic E-state index is 8.57. The molecule has 1 heterocycles. The average molecular weight is 169 g/mol. The zero-order valence-electron chi connectivity index (χ0n) is 6.20. The summed E-state index contributed by atoms with van der Waals surface area (Å²) in [5, 5.41) is 9.34. The van der Waals surface area contributed by atoms with Crippen LogP contribution in [0.5, 0.6) is 0 Å². The fourth-order valence-electron chi connectivity index (χ4n) is 0.895. The highest BCUT2D eigenvalue weighted by atomic mass is 32.1. The Morgan fingerprint density at radius 3 is 3.00 bits per heavy atom. The van der Waals surface area contributed by atoms with Crippen molar-refractivity contribution in [2.75, 3.05) is 6.61 Å². The second-order valence-electron chi connectivity index (χ2n) is 2.31. The van der Waals surface area contributed by atoms with E-state index in [1.807, 2.05) is 12.1 Å². The number of rotatable bonds is 3. The van der Waals surface area contributed by atoms with Crippen LogP contribution in [0, 0.1) is 0 Å². The third-order valence-corrected chi connectivity index (χ3v) is 1.87. The van der Waals surface area contributed by atoms with Crippen LogP contribution in [0.3, 0.4) is 0 Å². The first-order valence-corrected chi connectivity index (χ1v) is 4.03. The van der Waals surface area contributed by atoms with Crippen LogP contribution in [0.1, 0.15) is 12.0 Å². The van der Waals surface area contributed by atoms with Gasteiger partial charge in [-0.15, -0.1) is 12.6 Å². The van der Waals surface area contributed by atoms with E-state index in [-0.39, 0.29) is 6.61 Å². The first-order valence-electron chi connectivity index (χ1n) is 3.58. The lowest BCUT2D eigenvalue weighted by Gasteiger charge is -2.00. The second-order valence-corrected chi connectivity index (χ2v) is 2.74. The summed E-state index contributed by atoms with van der Waals surface area (Å²) in [7, 11) is 0. The standard InChI is InChI=1S/C8H11NOS/c10-6-2-4-7-3-1-5-9-8(7)11/h1,3,5,10H,2,4,6H2,(H,9,11). The molecule has 1 rings (SSSR count). The number of hydrogen-bond acceptors (Lipinski definition) is 3. The van der Waals surface area contributed by atoms with Gasteiger partial charge in [0, 0.05) is 12.8 Å². The summed E-state index contributed by atoms with van der Waals surface area (Å²) in [4.78, 5) is 4.01. The molecule has 0 unspecified atom stereocenters. The van der Waals surface area contributed by atoms with Crippen LogP contribution >= 0.6 is 12.6 Å². The highest BCUT2D eigenvalue weighted by Crippen LogP contribution is 2.10. The highest BCUT2D eigenvalue weighted by Gasteiger charge is 1.96. The lowest BCUT2D eigenvalue weighted by atomic mass is 10.2. The molecule has 1 aromatic heterocycles. The molecular formula is C8H11NOS. The number of hydrogen-bond donors (Lipinski definition) is 2. The third-order valence-electron chi connectivity index (χ3n) is 1.47. The van der Waals surface area contributed by atoms with E-state index in [4.69, 9.17) is 5.11 Å². The van der Waals surface area contributed by atoms with E-state index in [1.165, 1.54) is 0 Å². The number of aromatic nitrogens is 1. The maximum atomic E-state index is 8.57. The Bertz CT molecular complexity index is 227. The van der Waals surface area contributed by atoms with Crippen molar-refractivity contribution in [3.05, 3.63) is 23.9 Å². The van der Waals surface area contributed by atoms with Crippen LogP contribution in [0.15, 0.2) is 23.4 Å². The topological polar surface area (TPSA) is 33.1 Å². The van der Waals surface area contributed by atoms with Gasteiger partial charge in [0.2, 0.25) is 0 Å². The average Bonchev–Trinajstić information content (AvgIpc) is 2.03. The number of thiol groups is 1. The summed E-state index contributed by atoms with van der Waals surface area (Å²) in [6.07, 6.45) is 3.34. The molecular weight excluding hydrogens is 158 g/mol. The predicted octanol–water partition coefficient (Wildman–Crippen LogP) is 1.30. The lowest BCUT2D eigenvalue weighted by molar-refractivity contribution is 0.288. The van der Waals surface area contributed by atoms with Gasteiger partial charge in [0.25, 0.3) is 0 Å². The Morgan fingerprint density at radius 1 is 1.55 bits per heavy atom. The van der Waals surface area contributed by atoms with Gasteiger partial charge < -0.3 is 5.11 Å². The van der Waals surface area contributed by atoms with E-state index in [9.17, 15) is 0 Å². The van der Waals surface area contributed by atoms with Crippen molar-refractivity contribution in [2.24, 2.45) is 0 Å². The summed E-state index contributed by atoms with van der Waals surface area (Å²) in [5.41, 5.74) is 1.10. The molecule has 3 heteroatoms. The van der Waals surface area contributed by atoms with Gasteiger partial charge in [0.15, 0.2) is 0 Å². The largest absolute Gasteiger partial charge is 0.396 e. The van der Waals surface area contributed by atoms with Crippen LogP contribution in [0.25, 0.3) is 0 Å². The van der Waals surface area contributed by atoms with Gasteiger partial charge in [-0.2, -0.15) is 0 Å². The number of pyridine rings is 1. The molecule has 0 aliphatic rings. The molecule has 1 aromatic rings. The Labute approximate surface area is 71.7 Å². The van der Waals surface area contributed by atoms with Crippen molar-refractivity contribution in [1.82, 2.24) is 4.98 Å². The SMILES string of the molecule is OCCCc1cccnc1S. The Morgan fingerprint density at radius 2 is 2.36 bits per heavy atom. The summed E-state index contributed by atoms with van der Waals surface area (Å²) < 4.78 is 0. The summed E-state index contributed by atoms with van der Waals surface area (Å²) in [6.45, 7) is 0.224. The van der Waals surface area contributed by atoms with Crippen molar-refractivity contribution in [3.8, 4) is 0 Å². The molecule has 1 N–H and O–H groups in total. The summed E-state index contributed by atoms with van der Waals surface area (Å²) in [5.74, 6) is 0. The molecule has 0 aliphatic carbocycles. The fourth-order valence-corrected chi connectivity index (χ4v) is 1.15. The van der Waals surface area contributed by atoms with Gasteiger partial charge >= 0.3 is 0 Å². The number of aliphatic hydroxyl groups is 1. The molecule has 2 nitrogen and oxygen atoms in total. The van der Waals surface area contributed by atoms with Crippen molar-refractivity contribution in [3.63, 3.8) is 0 Å². The molecule has 0 fully saturated rings. The Kier molecular flexibility index (Phi) is 3.39. The van der Waals surface area contributed by atoms with Gasteiger partial charge in [-0.25, -0.2) is 4.98 Å². The molecule has 0 atom stereocenters. The minimum Gasteiger partial charge on any atom is -0.396 e. The molecule has 0 aliphatic heterocycles. The number of aliphatic hydroxyl groups excluding tert-OH is 1. The molecule has 60 valence electrons. The molecule has 0 amide bonds. The van der Waals surface area contributed by atoms with Crippen molar-refractivity contribution in [1.29, 1.82) is 0 Å². The van der Waals surface area contributed by atoms with E-state index < -0.39 is 0 Å². The first kappa shape index (κ1) is 8.56. The van der Waals surface area contributed by atoms with Crippen LogP contribution in [0.2, 0.25) is 0 Å². The van der Waals surface area contributed by atoms with E-state index in [2.05, 4.69) is 17.6 Å². The van der Waals surface area contributed by atoms with Crippen LogP contribution < -0.4 is 0 Å². The summed E-state index contributed by atoms with van der Waals surface area (Å²) >= 11 is 4.18. The molecule has 0 saturated carbocycles. The van der Waals surface area contributed by atoms with Crippen molar-refractivity contribution >= 4 is 12.6 Å². The quantitative estimate of drug-likeness (QED) is 0.668.